The number of amides is 1. The van der Waals surface area contributed by atoms with Crippen LogP contribution < -0.4 is 5.32 Å². The molecular formula is C15H28N2O2. The lowest BCUT2D eigenvalue weighted by Crippen LogP contribution is -2.63. The molecule has 0 bridgehead atoms. The molecule has 0 spiro atoms. The van der Waals surface area contributed by atoms with Crippen molar-refractivity contribution in [3.8, 4) is 0 Å². The van der Waals surface area contributed by atoms with Crippen molar-refractivity contribution < 1.29 is 9.90 Å². The van der Waals surface area contributed by atoms with E-state index < -0.39 is 0 Å². The summed E-state index contributed by atoms with van der Waals surface area (Å²) in [5.41, 5.74) is -0.118. The number of carbonyl (C=O) groups excluding carboxylic acids is 1. The summed E-state index contributed by atoms with van der Waals surface area (Å²) in [5.74, 6) is 0.221. The molecule has 1 saturated carbocycles. The van der Waals surface area contributed by atoms with Gasteiger partial charge in [-0.1, -0.05) is 26.7 Å². The smallest absolute Gasteiger partial charge is 0.239 e. The van der Waals surface area contributed by atoms with Gasteiger partial charge in [0, 0.05) is 24.5 Å². The van der Waals surface area contributed by atoms with Gasteiger partial charge in [0.25, 0.3) is 0 Å². The summed E-state index contributed by atoms with van der Waals surface area (Å²) in [6.45, 7) is 7.88. The summed E-state index contributed by atoms with van der Waals surface area (Å²) >= 11 is 0. The zero-order valence-electron chi connectivity index (χ0n) is 12.5. The fourth-order valence-electron chi connectivity index (χ4n) is 3.12. The van der Waals surface area contributed by atoms with Gasteiger partial charge in [0.2, 0.25) is 5.91 Å². The van der Waals surface area contributed by atoms with Gasteiger partial charge in [0.05, 0.1) is 12.1 Å². The Hall–Kier alpha value is -0.610. The number of likely N-dealkylation sites (tertiary alicyclic amines) is 1. The van der Waals surface area contributed by atoms with Gasteiger partial charge in [0.1, 0.15) is 0 Å². The van der Waals surface area contributed by atoms with Crippen LogP contribution in [-0.4, -0.2) is 47.2 Å². The molecule has 1 aliphatic heterocycles. The minimum Gasteiger partial charge on any atom is -0.392 e. The van der Waals surface area contributed by atoms with E-state index in [-0.39, 0.29) is 29.5 Å². The molecular weight excluding hydrogens is 240 g/mol. The molecule has 2 fully saturated rings. The number of aliphatic hydroxyl groups excluding tert-OH is 1. The van der Waals surface area contributed by atoms with E-state index in [9.17, 15) is 9.90 Å². The Bertz CT molecular complexity index is 322. The third-order valence-electron chi connectivity index (χ3n) is 4.96. The van der Waals surface area contributed by atoms with Crippen LogP contribution in [0.15, 0.2) is 0 Å². The fourth-order valence-corrected chi connectivity index (χ4v) is 3.12. The van der Waals surface area contributed by atoms with Gasteiger partial charge in [0.15, 0.2) is 0 Å². The van der Waals surface area contributed by atoms with Crippen LogP contribution in [0.1, 0.15) is 52.9 Å². The largest absolute Gasteiger partial charge is 0.392 e. The van der Waals surface area contributed by atoms with Crippen LogP contribution in [0, 0.1) is 5.41 Å². The highest BCUT2D eigenvalue weighted by Crippen LogP contribution is 2.40. The minimum absolute atomic E-state index is 0.118. The average Bonchev–Trinajstić information content (AvgIpc) is 2.66. The first-order valence-electron chi connectivity index (χ1n) is 7.66. The predicted molar refractivity (Wildman–Crippen MR) is 75.8 cm³/mol. The highest BCUT2D eigenvalue weighted by molar-refractivity contribution is 5.81. The lowest BCUT2D eigenvalue weighted by molar-refractivity contribution is -0.135. The molecule has 0 aromatic heterocycles. The number of hydrogen-bond donors (Lipinski definition) is 2. The van der Waals surface area contributed by atoms with Gasteiger partial charge < -0.3 is 15.3 Å². The van der Waals surface area contributed by atoms with E-state index in [2.05, 4.69) is 19.2 Å². The van der Waals surface area contributed by atoms with Crippen molar-refractivity contribution in [2.75, 3.05) is 13.1 Å². The molecule has 0 radical (unpaired) electrons. The quantitative estimate of drug-likeness (QED) is 0.816. The Kier molecular flexibility index (Phi) is 4.51. The third-order valence-corrected chi connectivity index (χ3v) is 4.96. The summed E-state index contributed by atoms with van der Waals surface area (Å²) in [4.78, 5) is 14.4. The Morgan fingerprint density at radius 3 is 2.32 bits per heavy atom. The number of hydrogen-bond acceptors (Lipinski definition) is 3. The standard InChI is InChI=1S/C15H28N2O2/c1-11(16-12-10-13(18)15(12,2)3)14(19)17-8-6-4-5-7-9-17/h11-13,16,18H,4-10H2,1-3H3. The van der Waals surface area contributed by atoms with E-state index in [1.54, 1.807) is 0 Å². The molecule has 4 heteroatoms. The maximum atomic E-state index is 12.4. The lowest BCUT2D eigenvalue weighted by atomic mass is 9.64. The molecule has 110 valence electrons. The van der Waals surface area contributed by atoms with Gasteiger partial charge in [-0.15, -0.1) is 0 Å². The van der Waals surface area contributed by atoms with Crippen LogP contribution in [0.25, 0.3) is 0 Å². The number of carbonyl (C=O) groups is 1. The molecule has 2 rings (SSSR count). The first kappa shape index (κ1) is 14.8. The average molecular weight is 268 g/mol. The van der Waals surface area contributed by atoms with E-state index in [1.807, 2.05) is 11.8 Å². The van der Waals surface area contributed by atoms with Crippen LogP contribution in [0.2, 0.25) is 0 Å². The maximum Gasteiger partial charge on any atom is 0.239 e. The van der Waals surface area contributed by atoms with Gasteiger partial charge in [-0.25, -0.2) is 0 Å². The summed E-state index contributed by atoms with van der Waals surface area (Å²) in [6, 6.07) is 0.100. The molecule has 1 amide bonds. The second-order valence-electron chi connectivity index (χ2n) is 6.75. The van der Waals surface area contributed by atoms with Crippen LogP contribution >= 0.6 is 0 Å². The van der Waals surface area contributed by atoms with Crippen molar-refractivity contribution in [2.24, 2.45) is 5.41 Å². The van der Waals surface area contributed by atoms with E-state index in [0.717, 1.165) is 32.4 Å². The zero-order valence-corrected chi connectivity index (χ0v) is 12.5. The van der Waals surface area contributed by atoms with Crippen LogP contribution in [0.3, 0.4) is 0 Å². The number of nitrogens with zero attached hydrogens (tertiary/aromatic N) is 1. The first-order chi connectivity index (χ1) is 8.93. The van der Waals surface area contributed by atoms with Gasteiger partial charge in [-0.05, 0) is 26.2 Å². The Labute approximate surface area is 116 Å². The summed E-state index contributed by atoms with van der Waals surface area (Å²) in [5, 5.41) is 13.2. The topological polar surface area (TPSA) is 52.6 Å². The molecule has 1 heterocycles. The Morgan fingerprint density at radius 1 is 1.26 bits per heavy atom. The van der Waals surface area contributed by atoms with Crippen molar-refractivity contribution in [3.05, 3.63) is 0 Å². The number of nitrogens with one attached hydrogen (secondary N) is 1. The number of aliphatic hydroxyl groups is 1. The van der Waals surface area contributed by atoms with Crippen molar-refractivity contribution in [1.29, 1.82) is 0 Å². The van der Waals surface area contributed by atoms with Crippen molar-refractivity contribution >= 4 is 5.91 Å². The highest BCUT2D eigenvalue weighted by Gasteiger charge is 2.48. The molecule has 2 N–H and O–H groups in total. The first-order valence-corrected chi connectivity index (χ1v) is 7.66. The summed E-state index contributed by atoms with van der Waals surface area (Å²) in [6.07, 6.45) is 5.26. The van der Waals surface area contributed by atoms with Crippen LogP contribution in [0.5, 0.6) is 0 Å². The van der Waals surface area contributed by atoms with Crippen molar-refractivity contribution in [2.45, 2.75) is 71.1 Å². The third kappa shape index (κ3) is 3.11. The molecule has 2 aliphatic rings. The molecule has 3 unspecified atom stereocenters. The normalized spacial score (nSPS) is 32.3. The van der Waals surface area contributed by atoms with E-state index >= 15 is 0 Å². The van der Waals surface area contributed by atoms with Gasteiger partial charge in [-0.3, -0.25) is 4.79 Å². The zero-order chi connectivity index (χ0) is 14.0. The van der Waals surface area contributed by atoms with Crippen LogP contribution in [-0.2, 0) is 4.79 Å². The molecule has 0 aromatic carbocycles. The molecule has 19 heavy (non-hydrogen) atoms. The molecule has 1 saturated heterocycles. The van der Waals surface area contributed by atoms with Gasteiger partial charge in [-0.2, -0.15) is 0 Å². The predicted octanol–water partition coefficient (Wildman–Crippen LogP) is 1.53. The SMILES string of the molecule is CC(NC1CC(O)C1(C)C)C(=O)N1CCCCCC1. The lowest BCUT2D eigenvalue weighted by Gasteiger charge is -2.50. The Morgan fingerprint density at radius 2 is 1.84 bits per heavy atom. The number of rotatable bonds is 3. The summed E-state index contributed by atoms with van der Waals surface area (Å²) in [7, 11) is 0. The monoisotopic (exact) mass is 268 g/mol. The fraction of sp³-hybridized carbons (Fsp3) is 0.933. The second-order valence-corrected chi connectivity index (χ2v) is 6.75. The molecule has 1 aliphatic carbocycles. The Balaban J connectivity index is 1.85. The van der Waals surface area contributed by atoms with E-state index in [1.165, 1.54) is 12.8 Å². The summed E-state index contributed by atoms with van der Waals surface area (Å²) < 4.78 is 0. The molecule has 0 aromatic rings. The maximum absolute atomic E-state index is 12.4. The minimum atomic E-state index is -0.245. The highest BCUT2D eigenvalue weighted by atomic mass is 16.3. The second kappa shape index (κ2) is 5.80. The van der Waals surface area contributed by atoms with Gasteiger partial charge >= 0.3 is 0 Å². The van der Waals surface area contributed by atoms with Crippen molar-refractivity contribution in [3.63, 3.8) is 0 Å². The van der Waals surface area contributed by atoms with E-state index in [4.69, 9.17) is 0 Å². The molecule has 4 nitrogen and oxygen atoms in total. The van der Waals surface area contributed by atoms with Crippen LogP contribution in [0.4, 0.5) is 0 Å². The van der Waals surface area contributed by atoms with E-state index in [0.29, 0.717) is 0 Å². The molecule has 3 atom stereocenters. The van der Waals surface area contributed by atoms with Crippen molar-refractivity contribution in [1.82, 2.24) is 10.2 Å².